The number of carbonyl (C=O) groups is 1. The van der Waals surface area contributed by atoms with Crippen LogP contribution >= 0.6 is 11.6 Å². The van der Waals surface area contributed by atoms with E-state index in [-0.39, 0.29) is 29.6 Å². The third kappa shape index (κ3) is 4.83. The fourth-order valence-corrected chi connectivity index (χ4v) is 2.49. The lowest BCUT2D eigenvalue weighted by Crippen LogP contribution is -2.20. The molecule has 3 rings (SSSR count). The predicted molar refractivity (Wildman–Crippen MR) is 100 cm³/mol. The molecule has 0 aliphatic rings. The SMILES string of the molecule is Cc1ccnn1CC(=O)Nc1cc(Oc2ccc(Cl)cc2)cc([N+](=O)[O-])c1. The van der Waals surface area contributed by atoms with Gasteiger partial charge in [0.05, 0.1) is 16.7 Å². The van der Waals surface area contributed by atoms with Crippen molar-refractivity contribution in [1.29, 1.82) is 0 Å². The number of aromatic nitrogens is 2. The number of hydrogen-bond acceptors (Lipinski definition) is 5. The van der Waals surface area contributed by atoms with Crippen LogP contribution in [0.15, 0.2) is 54.7 Å². The maximum atomic E-state index is 12.2. The highest BCUT2D eigenvalue weighted by atomic mass is 35.5. The molecule has 0 atom stereocenters. The summed E-state index contributed by atoms with van der Waals surface area (Å²) in [5.74, 6) is 0.321. The summed E-state index contributed by atoms with van der Waals surface area (Å²) in [6.45, 7) is 1.82. The first-order valence-electron chi connectivity index (χ1n) is 7.92. The van der Waals surface area contributed by atoms with Crippen molar-refractivity contribution in [3.05, 3.63) is 75.6 Å². The molecule has 0 saturated heterocycles. The third-order valence-corrected chi connectivity index (χ3v) is 3.91. The average Bonchev–Trinajstić information content (AvgIpc) is 3.01. The van der Waals surface area contributed by atoms with E-state index in [1.54, 1.807) is 36.5 Å². The van der Waals surface area contributed by atoms with E-state index < -0.39 is 4.92 Å². The summed E-state index contributed by atoms with van der Waals surface area (Å²) in [4.78, 5) is 22.9. The van der Waals surface area contributed by atoms with E-state index in [0.29, 0.717) is 10.8 Å². The second-order valence-electron chi connectivity index (χ2n) is 5.71. The molecule has 3 aromatic rings. The molecule has 1 heterocycles. The van der Waals surface area contributed by atoms with Crippen LogP contribution in [-0.2, 0) is 11.3 Å². The van der Waals surface area contributed by atoms with Crippen LogP contribution < -0.4 is 10.1 Å². The number of ether oxygens (including phenoxy) is 1. The summed E-state index contributed by atoms with van der Waals surface area (Å²) in [5, 5.41) is 18.4. The largest absolute Gasteiger partial charge is 0.457 e. The van der Waals surface area contributed by atoms with Gasteiger partial charge >= 0.3 is 0 Å². The van der Waals surface area contributed by atoms with E-state index in [1.807, 2.05) is 6.92 Å². The number of aryl methyl sites for hydroxylation is 1. The van der Waals surface area contributed by atoms with Crippen molar-refractivity contribution >= 4 is 28.9 Å². The number of nitrogens with one attached hydrogen (secondary N) is 1. The van der Waals surface area contributed by atoms with Gasteiger partial charge in [-0.15, -0.1) is 0 Å². The van der Waals surface area contributed by atoms with Crippen molar-refractivity contribution in [1.82, 2.24) is 9.78 Å². The molecule has 0 saturated carbocycles. The molecular formula is C18H15ClN4O4. The zero-order valence-corrected chi connectivity index (χ0v) is 15.0. The number of nitro groups is 1. The van der Waals surface area contributed by atoms with Gasteiger partial charge in [-0.05, 0) is 37.3 Å². The van der Waals surface area contributed by atoms with E-state index in [0.717, 1.165) is 5.69 Å². The Morgan fingerprint density at radius 2 is 1.96 bits per heavy atom. The Morgan fingerprint density at radius 1 is 1.22 bits per heavy atom. The maximum absolute atomic E-state index is 12.2. The van der Waals surface area contributed by atoms with Crippen molar-refractivity contribution in [2.75, 3.05) is 5.32 Å². The van der Waals surface area contributed by atoms with Gasteiger partial charge in [0.15, 0.2) is 0 Å². The van der Waals surface area contributed by atoms with Gasteiger partial charge in [0.25, 0.3) is 5.69 Å². The summed E-state index contributed by atoms with van der Waals surface area (Å²) < 4.78 is 7.17. The molecule has 0 aliphatic heterocycles. The van der Waals surface area contributed by atoms with Crippen LogP contribution in [0.2, 0.25) is 5.02 Å². The summed E-state index contributed by atoms with van der Waals surface area (Å²) in [7, 11) is 0. The molecule has 0 spiro atoms. The Balaban J connectivity index is 1.80. The van der Waals surface area contributed by atoms with Gasteiger partial charge in [-0.3, -0.25) is 19.6 Å². The Morgan fingerprint density at radius 3 is 2.59 bits per heavy atom. The molecule has 0 fully saturated rings. The van der Waals surface area contributed by atoms with Crippen molar-refractivity contribution in [2.24, 2.45) is 0 Å². The number of amides is 1. The topological polar surface area (TPSA) is 99.3 Å². The van der Waals surface area contributed by atoms with Crippen molar-refractivity contribution in [3.8, 4) is 11.5 Å². The predicted octanol–water partition coefficient (Wildman–Crippen LogP) is 4.18. The van der Waals surface area contributed by atoms with Gasteiger partial charge in [-0.2, -0.15) is 5.10 Å². The van der Waals surface area contributed by atoms with Crippen LogP contribution in [-0.4, -0.2) is 20.6 Å². The highest BCUT2D eigenvalue weighted by Gasteiger charge is 2.14. The number of benzene rings is 2. The highest BCUT2D eigenvalue weighted by molar-refractivity contribution is 6.30. The summed E-state index contributed by atoms with van der Waals surface area (Å²) in [6.07, 6.45) is 1.59. The number of nitro benzene ring substituents is 1. The van der Waals surface area contributed by atoms with E-state index >= 15 is 0 Å². The van der Waals surface area contributed by atoms with Crippen molar-refractivity contribution in [3.63, 3.8) is 0 Å². The van der Waals surface area contributed by atoms with E-state index in [4.69, 9.17) is 16.3 Å². The Kier molecular flexibility index (Phi) is 5.37. The van der Waals surface area contributed by atoms with Gasteiger partial charge in [0, 0.05) is 29.0 Å². The molecule has 0 unspecified atom stereocenters. The third-order valence-electron chi connectivity index (χ3n) is 3.66. The Labute approximate surface area is 159 Å². The van der Waals surface area contributed by atoms with Gasteiger partial charge in [-0.1, -0.05) is 11.6 Å². The minimum Gasteiger partial charge on any atom is -0.457 e. The van der Waals surface area contributed by atoms with E-state index in [2.05, 4.69) is 10.4 Å². The van der Waals surface area contributed by atoms with Crippen LogP contribution in [0.5, 0.6) is 11.5 Å². The summed E-state index contributed by atoms with van der Waals surface area (Å²) >= 11 is 5.83. The number of carbonyl (C=O) groups excluding carboxylic acids is 1. The molecule has 138 valence electrons. The lowest BCUT2D eigenvalue weighted by molar-refractivity contribution is -0.384. The molecule has 0 radical (unpaired) electrons. The van der Waals surface area contributed by atoms with Gasteiger partial charge in [0.2, 0.25) is 5.91 Å². The molecule has 0 aliphatic carbocycles. The quantitative estimate of drug-likeness (QED) is 0.506. The number of rotatable bonds is 6. The molecular weight excluding hydrogens is 372 g/mol. The number of anilines is 1. The van der Waals surface area contributed by atoms with Crippen LogP contribution in [0, 0.1) is 17.0 Å². The first kappa shape index (κ1) is 18.4. The van der Waals surface area contributed by atoms with E-state index in [9.17, 15) is 14.9 Å². The fraction of sp³-hybridized carbons (Fsp3) is 0.111. The minimum atomic E-state index is -0.554. The van der Waals surface area contributed by atoms with Crippen LogP contribution in [0.1, 0.15) is 5.69 Å². The Hall–Kier alpha value is -3.39. The zero-order valence-electron chi connectivity index (χ0n) is 14.3. The van der Waals surface area contributed by atoms with Gasteiger partial charge < -0.3 is 10.1 Å². The van der Waals surface area contributed by atoms with Gasteiger partial charge in [0.1, 0.15) is 18.0 Å². The van der Waals surface area contributed by atoms with E-state index in [1.165, 1.54) is 22.9 Å². The van der Waals surface area contributed by atoms with Crippen LogP contribution in [0.25, 0.3) is 0 Å². The zero-order chi connectivity index (χ0) is 19.4. The summed E-state index contributed by atoms with van der Waals surface area (Å²) in [5.41, 5.74) is 0.881. The molecule has 1 N–H and O–H groups in total. The van der Waals surface area contributed by atoms with Gasteiger partial charge in [-0.25, -0.2) is 0 Å². The molecule has 2 aromatic carbocycles. The second-order valence-corrected chi connectivity index (χ2v) is 6.14. The Bertz CT molecular complexity index is 985. The molecule has 0 bridgehead atoms. The number of halogens is 1. The first-order valence-corrected chi connectivity index (χ1v) is 8.30. The standard InChI is InChI=1S/C18H15ClN4O4/c1-12-6-7-20-22(12)11-18(24)21-14-8-15(23(25)26)10-17(9-14)27-16-4-2-13(19)3-5-16/h2-10H,11H2,1H3,(H,21,24). The van der Waals surface area contributed by atoms with Crippen molar-refractivity contribution < 1.29 is 14.5 Å². The highest BCUT2D eigenvalue weighted by Crippen LogP contribution is 2.30. The minimum absolute atomic E-state index is 0.00506. The van der Waals surface area contributed by atoms with Crippen LogP contribution in [0.3, 0.4) is 0 Å². The number of non-ortho nitro benzene ring substituents is 1. The average molecular weight is 387 g/mol. The molecule has 9 heteroatoms. The molecule has 1 amide bonds. The maximum Gasteiger partial charge on any atom is 0.275 e. The smallest absolute Gasteiger partial charge is 0.275 e. The summed E-state index contributed by atoms with van der Waals surface area (Å²) in [6, 6.07) is 12.4. The molecule has 8 nitrogen and oxygen atoms in total. The molecule has 1 aromatic heterocycles. The normalized spacial score (nSPS) is 10.4. The van der Waals surface area contributed by atoms with Crippen LogP contribution in [0.4, 0.5) is 11.4 Å². The second kappa shape index (κ2) is 7.88. The van der Waals surface area contributed by atoms with Crippen molar-refractivity contribution in [2.45, 2.75) is 13.5 Å². The number of hydrogen-bond donors (Lipinski definition) is 1. The first-order chi connectivity index (χ1) is 12.9. The fourth-order valence-electron chi connectivity index (χ4n) is 2.36. The number of nitrogens with zero attached hydrogens (tertiary/aromatic N) is 3. The molecule has 27 heavy (non-hydrogen) atoms. The monoisotopic (exact) mass is 386 g/mol. The lowest BCUT2D eigenvalue weighted by Gasteiger charge is -2.10. The lowest BCUT2D eigenvalue weighted by atomic mass is 10.2.